The Morgan fingerprint density at radius 3 is 2.52 bits per heavy atom. The van der Waals surface area contributed by atoms with Crippen molar-refractivity contribution in [1.29, 1.82) is 0 Å². The van der Waals surface area contributed by atoms with E-state index in [-0.39, 0.29) is 0 Å². The summed E-state index contributed by atoms with van der Waals surface area (Å²) in [6.45, 7) is 7.11. The standard InChI is InChI=1S/C18H23N5/c1-12(2)15-10-16(22(4)19)20-18-17(15)13(3)21-23(18)11-14-8-6-5-7-9-14/h5-10,12H,11,19H2,1-4H3. The highest BCUT2D eigenvalue weighted by atomic mass is 15.4. The molecule has 0 radical (unpaired) electrons. The molecule has 5 nitrogen and oxygen atoms in total. The molecule has 3 aromatic rings. The molecule has 120 valence electrons. The maximum absolute atomic E-state index is 5.92. The average Bonchev–Trinajstić information content (AvgIpc) is 2.83. The van der Waals surface area contributed by atoms with Crippen molar-refractivity contribution in [3.63, 3.8) is 0 Å². The Morgan fingerprint density at radius 1 is 1.22 bits per heavy atom. The molecule has 0 amide bonds. The first-order valence-corrected chi connectivity index (χ1v) is 7.87. The van der Waals surface area contributed by atoms with E-state index in [1.54, 1.807) is 5.01 Å². The van der Waals surface area contributed by atoms with E-state index in [1.165, 1.54) is 11.1 Å². The van der Waals surface area contributed by atoms with E-state index in [4.69, 9.17) is 15.9 Å². The molecular formula is C18H23N5. The zero-order valence-electron chi connectivity index (χ0n) is 14.1. The SMILES string of the molecule is Cc1nn(Cc2ccccc2)c2nc(N(C)N)cc(C(C)C)c12. The highest BCUT2D eigenvalue weighted by Gasteiger charge is 2.17. The van der Waals surface area contributed by atoms with Gasteiger partial charge in [0.15, 0.2) is 5.65 Å². The molecule has 0 fully saturated rings. The molecule has 2 heterocycles. The molecule has 0 bridgehead atoms. The number of nitrogens with two attached hydrogens (primary N) is 1. The van der Waals surface area contributed by atoms with Crippen LogP contribution in [0, 0.1) is 6.92 Å². The lowest BCUT2D eigenvalue weighted by Gasteiger charge is -2.15. The molecule has 1 aromatic carbocycles. The molecule has 0 aliphatic heterocycles. The fourth-order valence-electron chi connectivity index (χ4n) is 2.88. The highest BCUT2D eigenvalue weighted by molar-refractivity contribution is 5.84. The summed E-state index contributed by atoms with van der Waals surface area (Å²) in [4.78, 5) is 4.74. The number of hydrogen-bond acceptors (Lipinski definition) is 4. The molecule has 0 spiro atoms. The fraction of sp³-hybridized carbons (Fsp3) is 0.333. The topological polar surface area (TPSA) is 60.0 Å². The number of anilines is 1. The van der Waals surface area contributed by atoms with Gasteiger partial charge >= 0.3 is 0 Å². The Hall–Kier alpha value is -2.40. The largest absolute Gasteiger partial charge is 0.298 e. The maximum atomic E-state index is 5.92. The van der Waals surface area contributed by atoms with E-state index in [9.17, 15) is 0 Å². The summed E-state index contributed by atoms with van der Waals surface area (Å²) in [5.74, 6) is 7.07. The minimum atomic E-state index is 0.382. The quantitative estimate of drug-likeness (QED) is 0.594. The van der Waals surface area contributed by atoms with E-state index >= 15 is 0 Å². The highest BCUT2D eigenvalue weighted by Crippen LogP contribution is 2.30. The van der Waals surface area contributed by atoms with Crippen LogP contribution in [-0.2, 0) is 6.54 Å². The van der Waals surface area contributed by atoms with Crippen LogP contribution in [0.4, 0.5) is 5.82 Å². The van der Waals surface area contributed by atoms with Gasteiger partial charge in [-0.15, -0.1) is 0 Å². The monoisotopic (exact) mass is 309 g/mol. The van der Waals surface area contributed by atoms with Crippen LogP contribution < -0.4 is 10.9 Å². The number of aromatic nitrogens is 3. The zero-order chi connectivity index (χ0) is 16.6. The van der Waals surface area contributed by atoms with Crippen molar-refractivity contribution in [2.24, 2.45) is 5.84 Å². The predicted molar refractivity (Wildman–Crippen MR) is 94.5 cm³/mol. The van der Waals surface area contributed by atoms with Crippen molar-refractivity contribution in [3.8, 4) is 0 Å². The second-order valence-electron chi connectivity index (χ2n) is 6.26. The van der Waals surface area contributed by atoms with Gasteiger partial charge in [-0.05, 0) is 30.0 Å². The first-order chi connectivity index (χ1) is 11.0. The summed E-state index contributed by atoms with van der Waals surface area (Å²) in [6, 6.07) is 12.4. The molecule has 0 saturated carbocycles. The lowest BCUT2D eigenvalue weighted by Crippen LogP contribution is -2.26. The summed E-state index contributed by atoms with van der Waals surface area (Å²) in [6.07, 6.45) is 0. The fourth-order valence-corrected chi connectivity index (χ4v) is 2.88. The van der Waals surface area contributed by atoms with Crippen LogP contribution in [0.5, 0.6) is 0 Å². The van der Waals surface area contributed by atoms with Crippen LogP contribution in [0.2, 0.25) is 0 Å². The second-order valence-corrected chi connectivity index (χ2v) is 6.26. The van der Waals surface area contributed by atoms with Crippen molar-refractivity contribution in [1.82, 2.24) is 14.8 Å². The molecule has 0 unspecified atom stereocenters. The summed E-state index contributed by atoms with van der Waals surface area (Å²) in [5, 5.41) is 7.42. The van der Waals surface area contributed by atoms with E-state index in [1.807, 2.05) is 36.9 Å². The van der Waals surface area contributed by atoms with Gasteiger partial charge in [0.05, 0.1) is 12.2 Å². The molecule has 0 atom stereocenters. The van der Waals surface area contributed by atoms with Gasteiger partial charge in [0.25, 0.3) is 0 Å². The van der Waals surface area contributed by atoms with Crippen molar-refractivity contribution < 1.29 is 0 Å². The lowest BCUT2D eigenvalue weighted by atomic mass is 10.00. The van der Waals surface area contributed by atoms with E-state index in [0.29, 0.717) is 12.5 Å². The van der Waals surface area contributed by atoms with Crippen molar-refractivity contribution >= 4 is 16.9 Å². The summed E-state index contributed by atoms with van der Waals surface area (Å²) in [5.41, 5.74) is 4.35. The van der Waals surface area contributed by atoms with Gasteiger partial charge in [0.1, 0.15) is 5.82 Å². The first kappa shape index (κ1) is 15.5. The Bertz CT molecular complexity index is 818. The summed E-state index contributed by atoms with van der Waals surface area (Å²) >= 11 is 0. The third-order valence-corrected chi connectivity index (χ3v) is 4.05. The summed E-state index contributed by atoms with van der Waals surface area (Å²) < 4.78 is 1.97. The Balaban J connectivity index is 2.19. The van der Waals surface area contributed by atoms with Gasteiger partial charge in [0.2, 0.25) is 0 Å². The second kappa shape index (κ2) is 6.01. The van der Waals surface area contributed by atoms with Gasteiger partial charge in [-0.3, -0.25) is 5.01 Å². The minimum absolute atomic E-state index is 0.382. The summed E-state index contributed by atoms with van der Waals surface area (Å²) in [7, 11) is 1.81. The van der Waals surface area contributed by atoms with E-state index < -0.39 is 0 Å². The van der Waals surface area contributed by atoms with Crippen LogP contribution in [0.25, 0.3) is 11.0 Å². The molecule has 0 aliphatic carbocycles. The normalized spacial score (nSPS) is 11.4. The Kier molecular flexibility index (Phi) is 4.05. The van der Waals surface area contributed by atoms with Crippen LogP contribution in [0.3, 0.4) is 0 Å². The van der Waals surface area contributed by atoms with Gasteiger partial charge in [0, 0.05) is 12.4 Å². The molecular weight excluding hydrogens is 286 g/mol. The molecule has 0 saturated heterocycles. The molecule has 3 rings (SSSR count). The van der Waals surface area contributed by atoms with E-state index in [0.717, 1.165) is 22.5 Å². The molecule has 2 N–H and O–H groups in total. The first-order valence-electron chi connectivity index (χ1n) is 7.87. The molecule has 2 aromatic heterocycles. The van der Waals surface area contributed by atoms with Crippen LogP contribution >= 0.6 is 0 Å². The smallest absolute Gasteiger partial charge is 0.161 e. The maximum Gasteiger partial charge on any atom is 0.161 e. The van der Waals surface area contributed by atoms with Crippen molar-refractivity contribution in [2.75, 3.05) is 12.1 Å². The van der Waals surface area contributed by atoms with Gasteiger partial charge < -0.3 is 0 Å². The predicted octanol–water partition coefficient (Wildman–Crippen LogP) is 3.22. The average molecular weight is 309 g/mol. The zero-order valence-corrected chi connectivity index (χ0v) is 14.1. The number of benzene rings is 1. The van der Waals surface area contributed by atoms with Crippen molar-refractivity contribution in [3.05, 3.63) is 53.2 Å². The Morgan fingerprint density at radius 2 is 1.91 bits per heavy atom. The minimum Gasteiger partial charge on any atom is -0.298 e. The molecule has 0 aliphatic rings. The molecule has 5 heteroatoms. The number of nitrogens with zero attached hydrogens (tertiary/aromatic N) is 4. The lowest BCUT2D eigenvalue weighted by molar-refractivity contribution is 0.695. The van der Waals surface area contributed by atoms with Crippen molar-refractivity contribution in [2.45, 2.75) is 33.2 Å². The third-order valence-electron chi connectivity index (χ3n) is 4.05. The number of aryl methyl sites for hydroxylation is 1. The van der Waals surface area contributed by atoms with Gasteiger partial charge in [-0.25, -0.2) is 15.5 Å². The van der Waals surface area contributed by atoms with E-state index in [2.05, 4.69) is 32.0 Å². The third kappa shape index (κ3) is 2.92. The molecule has 23 heavy (non-hydrogen) atoms. The number of hydrazine groups is 1. The van der Waals surface area contributed by atoms with Gasteiger partial charge in [-0.2, -0.15) is 5.10 Å². The number of fused-ring (bicyclic) bond motifs is 1. The van der Waals surface area contributed by atoms with Gasteiger partial charge in [-0.1, -0.05) is 44.2 Å². The van der Waals surface area contributed by atoms with Crippen LogP contribution in [-0.4, -0.2) is 21.8 Å². The number of hydrogen-bond donors (Lipinski definition) is 1. The Labute approximate surface area is 136 Å². The number of pyridine rings is 1. The number of rotatable bonds is 4. The van der Waals surface area contributed by atoms with Crippen LogP contribution in [0.1, 0.15) is 36.6 Å². The van der Waals surface area contributed by atoms with Crippen LogP contribution in [0.15, 0.2) is 36.4 Å².